The summed E-state index contributed by atoms with van der Waals surface area (Å²) in [7, 11) is 0. The molecule has 5 heteroatoms. The van der Waals surface area contributed by atoms with Gasteiger partial charge in [-0.05, 0) is 18.8 Å². The minimum atomic E-state index is -0.472. The molecular formula is C10H14BrNO3. The van der Waals surface area contributed by atoms with E-state index in [1.807, 2.05) is 0 Å². The Hall–Kier alpha value is -0.580. The fraction of sp³-hybridized carbons (Fsp3) is 0.800. The number of hydrogen-bond acceptors (Lipinski definition) is 3. The van der Waals surface area contributed by atoms with E-state index >= 15 is 0 Å². The second-order valence-electron chi connectivity index (χ2n) is 4.06. The Bertz CT molecular complexity index is 282. The zero-order chi connectivity index (χ0) is 10.8. The molecule has 0 aromatic carbocycles. The second-order valence-corrected chi connectivity index (χ2v) is 4.70. The van der Waals surface area contributed by atoms with Crippen molar-refractivity contribution in [3.05, 3.63) is 0 Å². The van der Waals surface area contributed by atoms with Crippen molar-refractivity contribution in [3.8, 4) is 0 Å². The fourth-order valence-corrected chi connectivity index (χ4v) is 3.12. The highest BCUT2D eigenvalue weighted by Gasteiger charge is 2.39. The molecule has 2 atom stereocenters. The van der Waals surface area contributed by atoms with Gasteiger partial charge in [0.05, 0.1) is 6.54 Å². The molecule has 0 bridgehead atoms. The number of ether oxygens (including phenoxy) is 1. The van der Waals surface area contributed by atoms with Crippen LogP contribution in [0.3, 0.4) is 0 Å². The van der Waals surface area contributed by atoms with Crippen LogP contribution >= 0.6 is 15.9 Å². The molecule has 0 unspecified atom stereocenters. The van der Waals surface area contributed by atoms with E-state index in [2.05, 4.69) is 15.9 Å². The highest BCUT2D eigenvalue weighted by Crippen LogP contribution is 2.34. The van der Waals surface area contributed by atoms with Crippen LogP contribution in [-0.4, -0.2) is 35.4 Å². The number of nitrogens with zero attached hydrogens (tertiary/aromatic N) is 1. The molecule has 0 aromatic heterocycles. The summed E-state index contributed by atoms with van der Waals surface area (Å²) < 4.78 is 4.77. The van der Waals surface area contributed by atoms with Gasteiger partial charge in [-0.15, -0.1) is 0 Å². The highest BCUT2D eigenvalue weighted by atomic mass is 79.9. The summed E-state index contributed by atoms with van der Waals surface area (Å²) in [4.78, 5) is 24.5. The largest absolute Gasteiger partial charge is 0.447 e. The van der Waals surface area contributed by atoms with E-state index in [1.54, 1.807) is 0 Å². The third-order valence-corrected chi connectivity index (χ3v) is 4.03. The van der Waals surface area contributed by atoms with Crippen molar-refractivity contribution in [2.24, 2.45) is 11.8 Å². The Labute approximate surface area is 97.1 Å². The average Bonchev–Trinajstić information content (AvgIpc) is 2.84. The van der Waals surface area contributed by atoms with Crippen LogP contribution in [0.2, 0.25) is 0 Å². The summed E-state index contributed by atoms with van der Waals surface area (Å²) in [6, 6.07) is 0. The third kappa shape index (κ3) is 2.02. The molecule has 4 nitrogen and oxygen atoms in total. The Morgan fingerprint density at radius 1 is 1.53 bits per heavy atom. The van der Waals surface area contributed by atoms with Crippen LogP contribution in [0.25, 0.3) is 0 Å². The lowest BCUT2D eigenvalue weighted by Gasteiger charge is -2.20. The van der Waals surface area contributed by atoms with Crippen LogP contribution < -0.4 is 0 Å². The number of rotatable bonds is 2. The number of alkyl halides is 1. The lowest BCUT2D eigenvalue weighted by atomic mass is 9.97. The van der Waals surface area contributed by atoms with E-state index in [0.29, 0.717) is 19.1 Å². The number of hydrogen-bond donors (Lipinski definition) is 0. The van der Waals surface area contributed by atoms with Crippen molar-refractivity contribution in [2.75, 3.05) is 18.5 Å². The quantitative estimate of drug-likeness (QED) is 0.722. The Morgan fingerprint density at radius 2 is 2.33 bits per heavy atom. The molecule has 1 aliphatic carbocycles. The summed E-state index contributed by atoms with van der Waals surface area (Å²) in [5.41, 5.74) is 0. The number of carbonyl (C=O) groups is 2. The van der Waals surface area contributed by atoms with E-state index in [1.165, 1.54) is 4.90 Å². The number of carbonyl (C=O) groups excluding carboxylic acids is 2. The van der Waals surface area contributed by atoms with Crippen LogP contribution in [0.15, 0.2) is 0 Å². The Kier molecular flexibility index (Phi) is 3.29. The van der Waals surface area contributed by atoms with Crippen molar-refractivity contribution in [1.82, 2.24) is 4.90 Å². The van der Waals surface area contributed by atoms with Gasteiger partial charge in [0.1, 0.15) is 6.61 Å². The van der Waals surface area contributed by atoms with Crippen molar-refractivity contribution in [2.45, 2.75) is 19.3 Å². The summed E-state index contributed by atoms with van der Waals surface area (Å²) in [6.45, 7) is 0.763. The Balaban J connectivity index is 2.03. The van der Waals surface area contributed by atoms with E-state index in [9.17, 15) is 9.59 Å². The third-order valence-electron chi connectivity index (χ3n) is 3.20. The topological polar surface area (TPSA) is 46.6 Å². The number of imide groups is 1. The molecule has 1 aliphatic heterocycles. The first-order valence-electron chi connectivity index (χ1n) is 5.28. The van der Waals surface area contributed by atoms with Crippen LogP contribution in [0, 0.1) is 11.8 Å². The maximum Gasteiger partial charge on any atom is 0.416 e. The average molecular weight is 276 g/mol. The van der Waals surface area contributed by atoms with Gasteiger partial charge < -0.3 is 4.74 Å². The van der Waals surface area contributed by atoms with Gasteiger partial charge >= 0.3 is 6.09 Å². The van der Waals surface area contributed by atoms with Crippen LogP contribution in [0.5, 0.6) is 0 Å². The van der Waals surface area contributed by atoms with Gasteiger partial charge in [-0.25, -0.2) is 9.69 Å². The SMILES string of the molecule is O=C1OCCN1C(=O)[C@@H]1CCC[C@H]1CBr. The predicted molar refractivity (Wildman–Crippen MR) is 57.7 cm³/mol. The van der Waals surface area contributed by atoms with E-state index in [0.717, 1.165) is 24.6 Å². The first-order chi connectivity index (χ1) is 7.24. The van der Waals surface area contributed by atoms with Gasteiger partial charge in [0.15, 0.2) is 0 Å². The summed E-state index contributed by atoms with van der Waals surface area (Å²) in [5, 5.41) is 0.840. The standard InChI is InChI=1S/C10H14BrNO3/c11-6-7-2-1-3-8(7)9(13)12-4-5-15-10(12)14/h7-8H,1-6H2/t7-,8+/m0/s1. The van der Waals surface area contributed by atoms with E-state index in [4.69, 9.17) is 4.74 Å². The number of halogens is 1. The second kappa shape index (κ2) is 4.51. The van der Waals surface area contributed by atoms with Crippen LogP contribution in [0.1, 0.15) is 19.3 Å². The van der Waals surface area contributed by atoms with E-state index in [-0.39, 0.29) is 11.8 Å². The predicted octanol–water partition coefficient (Wildman–Crippen LogP) is 1.78. The molecule has 1 saturated heterocycles. The van der Waals surface area contributed by atoms with Gasteiger partial charge in [-0.2, -0.15) is 0 Å². The van der Waals surface area contributed by atoms with Gasteiger partial charge in [-0.3, -0.25) is 4.79 Å². The van der Waals surface area contributed by atoms with E-state index < -0.39 is 6.09 Å². The lowest BCUT2D eigenvalue weighted by Crippen LogP contribution is -2.38. The molecule has 2 rings (SSSR count). The van der Waals surface area contributed by atoms with Gasteiger partial charge in [0.25, 0.3) is 0 Å². The smallest absolute Gasteiger partial charge is 0.416 e. The molecule has 0 spiro atoms. The molecule has 0 N–H and O–H groups in total. The van der Waals surface area contributed by atoms with Crippen molar-refractivity contribution >= 4 is 27.9 Å². The van der Waals surface area contributed by atoms with Gasteiger partial charge in [-0.1, -0.05) is 22.4 Å². The molecular weight excluding hydrogens is 262 g/mol. The zero-order valence-electron chi connectivity index (χ0n) is 8.45. The van der Waals surface area contributed by atoms with Crippen LogP contribution in [0.4, 0.5) is 4.79 Å². The molecule has 2 aliphatic rings. The minimum Gasteiger partial charge on any atom is -0.447 e. The zero-order valence-corrected chi connectivity index (χ0v) is 10.0. The molecule has 0 radical (unpaired) electrons. The van der Waals surface area contributed by atoms with Gasteiger partial charge in [0.2, 0.25) is 5.91 Å². The van der Waals surface area contributed by atoms with Gasteiger partial charge in [0, 0.05) is 11.2 Å². The summed E-state index contributed by atoms with van der Waals surface area (Å²) >= 11 is 3.42. The van der Waals surface area contributed by atoms with Crippen LogP contribution in [-0.2, 0) is 9.53 Å². The monoisotopic (exact) mass is 275 g/mol. The molecule has 15 heavy (non-hydrogen) atoms. The van der Waals surface area contributed by atoms with Crippen molar-refractivity contribution < 1.29 is 14.3 Å². The molecule has 84 valence electrons. The molecule has 0 aromatic rings. The molecule has 1 heterocycles. The maximum atomic E-state index is 12.0. The van der Waals surface area contributed by atoms with Crippen molar-refractivity contribution in [1.29, 1.82) is 0 Å². The Morgan fingerprint density at radius 3 is 2.93 bits per heavy atom. The maximum absolute atomic E-state index is 12.0. The lowest BCUT2D eigenvalue weighted by molar-refractivity contribution is -0.132. The first kappa shape index (κ1) is 10.9. The normalized spacial score (nSPS) is 30.7. The summed E-state index contributed by atoms with van der Waals surface area (Å²) in [5.74, 6) is 0.348. The number of amides is 2. The number of cyclic esters (lactones) is 1. The van der Waals surface area contributed by atoms with Crippen molar-refractivity contribution in [3.63, 3.8) is 0 Å². The summed E-state index contributed by atoms with van der Waals surface area (Å²) in [6.07, 6.45) is 2.58. The molecule has 2 amide bonds. The highest BCUT2D eigenvalue weighted by molar-refractivity contribution is 9.09. The first-order valence-corrected chi connectivity index (χ1v) is 6.40. The fourth-order valence-electron chi connectivity index (χ4n) is 2.34. The molecule has 2 fully saturated rings. The minimum absolute atomic E-state index is 0.00928. The molecule has 1 saturated carbocycles.